The summed E-state index contributed by atoms with van der Waals surface area (Å²) in [7, 11) is 3.27. The second kappa shape index (κ2) is 5.02. The van der Waals surface area contributed by atoms with Crippen molar-refractivity contribution in [2.75, 3.05) is 14.2 Å². The van der Waals surface area contributed by atoms with Gasteiger partial charge in [-0.2, -0.15) is 0 Å². The molecule has 0 radical (unpaired) electrons. The van der Waals surface area contributed by atoms with Gasteiger partial charge in [0, 0.05) is 20.6 Å². The lowest BCUT2D eigenvalue weighted by atomic mass is 9.76. The molecule has 0 unspecified atom stereocenters. The van der Waals surface area contributed by atoms with Gasteiger partial charge in [0.1, 0.15) is 12.4 Å². The third kappa shape index (κ3) is 2.58. The van der Waals surface area contributed by atoms with E-state index < -0.39 is 0 Å². The van der Waals surface area contributed by atoms with Crippen molar-refractivity contribution >= 4 is 5.78 Å². The molecular weight excluding hydrogens is 220 g/mol. The number of hydrogen-bond acceptors (Lipinski definition) is 4. The van der Waals surface area contributed by atoms with E-state index in [1.54, 1.807) is 26.4 Å². The van der Waals surface area contributed by atoms with Crippen LogP contribution in [0.15, 0.2) is 16.5 Å². The zero-order valence-electron chi connectivity index (χ0n) is 10.3. The Labute approximate surface area is 101 Å². The molecule has 0 bridgehead atoms. The van der Waals surface area contributed by atoms with Crippen molar-refractivity contribution in [3.8, 4) is 0 Å². The molecule has 1 fully saturated rings. The molecule has 0 amide bonds. The number of Topliss-reactive ketones (excluding diaryl/α,β-unsaturated/α-hetero) is 1. The molecule has 94 valence electrons. The van der Waals surface area contributed by atoms with E-state index in [4.69, 9.17) is 13.9 Å². The Morgan fingerprint density at radius 2 is 2.18 bits per heavy atom. The molecular formula is C13H18O4. The largest absolute Gasteiger partial charge is 0.456 e. The molecule has 1 aliphatic carbocycles. The number of ketones is 1. The fourth-order valence-electron chi connectivity index (χ4n) is 2.15. The fraction of sp³-hybridized carbons (Fsp3) is 0.615. The summed E-state index contributed by atoms with van der Waals surface area (Å²) < 4.78 is 15.8. The van der Waals surface area contributed by atoms with Gasteiger partial charge in [-0.3, -0.25) is 4.79 Å². The molecule has 0 atom stereocenters. The van der Waals surface area contributed by atoms with Crippen molar-refractivity contribution in [1.29, 1.82) is 0 Å². The molecule has 4 heteroatoms. The van der Waals surface area contributed by atoms with Crippen LogP contribution in [0.5, 0.6) is 0 Å². The van der Waals surface area contributed by atoms with Gasteiger partial charge in [0.05, 0.1) is 5.60 Å². The van der Waals surface area contributed by atoms with Gasteiger partial charge in [-0.25, -0.2) is 0 Å². The van der Waals surface area contributed by atoms with Crippen molar-refractivity contribution in [1.82, 2.24) is 0 Å². The zero-order chi connectivity index (χ0) is 12.3. The van der Waals surface area contributed by atoms with Crippen molar-refractivity contribution in [3.05, 3.63) is 23.7 Å². The Hall–Kier alpha value is -1.13. The molecule has 17 heavy (non-hydrogen) atoms. The quantitative estimate of drug-likeness (QED) is 0.715. The average Bonchev–Trinajstić information content (AvgIpc) is 2.72. The number of methoxy groups -OCH3 is 2. The maximum atomic E-state index is 12.0. The maximum absolute atomic E-state index is 12.0. The van der Waals surface area contributed by atoms with E-state index in [2.05, 4.69) is 0 Å². The second-order valence-corrected chi connectivity index (χ2v) is 4.54. The Balaban J connectivity index is 1.99. The lowest BCUT2D eigenvalue weighted by molar-refractivity contribution is -0.0708. The van der Waals surface area contributed by atoms with E-state index in [9.17, 15) is 4.79 Å². The molecule has 0 N–H and O–H groups in total. The minimum absolute atomic E-state index is 0.00824. The van der Waals surface area contributed by atoms with Crippen LogP contribution in [0.1, 0.15) is 42.0 Å². The third-order valence-electron chi connectivity index (χ3n) is 3.40. The molecule has 1 aromatic heterocycles. The third-order valence-corrected chi connectivity index (χ3v) is 3.40. The van der Waals surface area contributed by atoms with Crippen LogP contribution in [0, 0.1) is 0 Å². The minimum Gasteiger partial charge on any atom is -0.456 e. The highest BCUT2D eigenvalue weighted by Gasteiger charge is 2.39. The first-order valence-corrected chi connectivity index (χ1v) is 5.85. The first-order valence-electron chi connectivity index (χ1n) is 5.85. The molecule has 1 aliphatic rings. The zero-order valence-corrected chi connectivity index (χ0v) is 10.3. The van der Waals surface area contributed by atoms with E-state index in [0.717, 1.165) is 19.3 Å². The van der Waals surface area contributed by atoms with Crippen molar-refractivity contribution in [3.63, 3.8) is 0 Å². The van der Waals surface area contributed by atoms with E-state index >= 15 is 0 Å². The van der Waals surface area contributed by atoms with Crippen LogP contribution in [0.3, 0.4) is 0 Å². The summed E-state index contributed by atoms with van der Waals surface area (Å²) in [6, 6.07) is 3.48. The Bertz CT molecular complexity index is 384. The van der Waals surface area contributed by atoms with Gasteiger partial charge in [-0.05, 0) is 31.4 Å². The van der Waals surface area contributed by atoms with Crippen molar-refractivity contribution in [2.45, 2.75) is 37.9 Å². The molecule has 4 nitrogen and oxygen atoms in total. The summed E-state index contributed by atoms with van der Waals surface area (Å²) >= 11 is 0. The van der Waals surface area contributed by atoms with Gasteiger partial charge in [0.15, 0.2) is 5.76 Å². The maximum Gasteiger partial charge on any atom is 0.200 e. The Morgan fingerprint density at radius 1 is 1.41 bits per heavy atom. The lowest BCUT2D eigenvalue weighted by Gasteiger charge is -2.39. The Morgan fingerprint density at radius 3 is 2.71 bits per heavy atom. The lowest BCUT2D eigenvalue weighted by Crippen LogP contribution is -2.41. The second-order valence-electron chi connectivity index (χ2n) is 4.54. The number of carbonyl (C=O) groups is 1. The first-order chi connectivity index (χ1) is 8.19. The van der Waals surface area contributed by atoms with Crippen LogP contribution >= 0.6 is 0 Å². The summed E-state index contributed by atoms with van der Waals surface area (Å²) in [4.78, 5) is 12.0. The van der Waals surface area contributed by atoms with Crippen LogP contribution in [-0.2, 0) is 16.1 Å². The van der Waals surface area contributed by atoms with E-state index in [-0.39, 0.29) is 11.4 Å². The monoisotopic (exact) mass is 238 g/mol. The van der Waals surface area contributed by atoms with Gasteiger partial charge in [-0.1, -0.05) is 0 Å². The first kappa shape index (κ1) is 12.3. The number of rotatable bonds is 6. The SMILES string of the molecule is COCc1ccc(C(=O)CC2(OC)CCC2)o1. The highest BCUT2D eigenvalue weighted by atomic mass is 16.5. The summed E-state index contributed by atoms with van der Waals surface area (Å²) in [6.07, 6.45) is 3.46. The number of furan rings is 1. The predicted octanol–water partition coefficient (Wildman–Crippen LogP) is 2.57. The van der Waals surface area contributed by atoms with Gasteiger partial charge >= 0.3 is 0 Å². The van der Waals surface area contributed by atoms with Crippen LogP contribution in [0.2, 0.25) is 0 Å². The molecule has 0 aliphatic heterocycles. The van der Waals surface area contributed by atoms with E-state index in [1.165, 1.54) is 0 Å². The van der Waals surface area contributed by atoms with Gasteiger partial charge in [0.25, 0.3) is 0 Å². The topological polar surface area (TPSA) is 48.7 Å². The fourth-order valence-corrected chi connectivity index (χ4v) is 2.15. The average molecular weight is 238 g/mol. The molecule has 0 saturated heterocycles. The van der Waals surface area contributed by atoms with Gasteiger partial charge in [0.2, 0.25) is 5.78 Å². The molecule has 0 spiro atoms. The van der Waals surface area contributed by atoms with Crippen LogP contribution in [-0.4, -0.2) is 25.6 Å². The van der Waals surface area contributed by atoms with E-state index in [0.29, 0.717) is 24.5 Å². The van der Waals surface area contributed by atoms with Crippen LogP contribution in [0.4, 0.5) is 0 Å². The van der Waals surface area contributed by atoms with E-state index in [1.807, 2.05) is 0 Å². The normalized spacial score (nSPS) is 17.8. The number of carbonyl (C=O) groups excluding carboxylic acids is 1. The smallest absolute Gasteiger partial charge is 0.200 e. The van der Waals surface area contributed by atoms with Gasteiger partial charge in [-0.15, -0.1) is 0 Å². The van der Waals surface area contributed by atoms with Gasteiger partial charge < -0.3 is 13.9 Å². The molecule has 1 heterocycles. The molecule has 2 rings (SSSR count). The van der Waals surface area contributed by atoms with Crippen molar-refractivity contribution < 1.29 is 18.7 Å². The summed E-state index contributed by atoms with van der Waals surface area (Å²) in [5.41, 5.74) is -0.245. The summed E-state index contributed by atoms with van der Waals surface area (Å²) in [6.45, 7) is 0.392. The van der Waals surface area contributed by atoms with Crippen LogP contribution in [0.25, 0.3) is 0 Å². The number of ether oxygens (including phenoxy) is 2. The highest BCUT2D eigenvalue weighted by molar-refractivity contribution is 5.94. The molecule has 0 aromatic carbocycles. The summed E-state index contributed by atoms with van der Waals surface area (Å²) in [5, 5.41) is 0. The standard InChI is InChI=1S/C13H18O4/c1-15-9-10-4-5-12(17-10)11(14)8-13(16-2)6-3-7-13/h4-5H,3,6-9H2,1-2H3. The number of hydrogen-bond donors (Lipinski definition) is 0. The van der Waals surface area contributed by atoms with Crippen molar-refractivity contribution in [2.24, 2.45) is 0 Å². The minimum atomic E-state index is -0.245. The molecule has 1 aromatic rings. The summed E-state index contributed by atoms with van der Waals surface area (Å²) in [5.74, 6) is 1.09. The highest BCUT2D eigenvalue weighted by Crippen LogP contribution is 2.38. The van der Waals surface area contributed by atoms with Crippen LogP contribution < -0.4 is 0 Å². The predicted molar refractivity (Wildman–Crippen MR) is 62.0 cm³/mol. The molecule has 1 saturated carbocycles. The Kier molecular flexibility index (Phi) is 3.64.